The lowest BCUT2D eigenvalue weighted by molar-refractivity contribution is 0.0179. The van der Waals surface area contributed by atoms with Gasteiger partial charge in [-0.3, -0.25) is 9.89 Å². The van der Waals surface area contributed by atoms with Crippen molar-refractivity contribution in [1.82, 2.24) is 20.4 Å². The van der Waals surface area contributed by atoms with Crippen molar-refractivity contribution < 1.29 is 14.2 Å². The first-order valence-electron chi connectivity index (χ1n) is 11.9. The zero-order valence-corrected chi connectivity index (χ0v) is 20.2. The van der Waals surface area contributed by atoms with Crippen molar-refractivity contribution in [1.29, 1.82) is 0 Å². The molecular formula is C24H41N5O3. The Morgan fingerprint density at radius 2 is 1.81 bits per heavy atom. The number of hydrogen-bond donors (Lipinski definition) is 2. The monoisotopic (exact) mass is 447 g/mol. The lowest BCUT2D eigenvalue weighted by Gasteiger charge is -2.34. The molecule has 1 atom stereocenters. The van der Waals surface area contributed by atoms with Crippen molar-refractivity contribution in [2.45, 2.75) is 25.8 Å². The minimum Gasteiger partial charge on any atom is -0.493 e. The van der Waals surface area contributed by atoms with Crippen molar-refractivity contribution >= 4 is 5.96 Å². The SMILES string of the molecule is CCNC(=NCC(c1ccc(OC)c(OC)c1)N1CCOCC1)NCC1CCN(C)CC1. The normalized spacial score (nSPS) is 20.1. The second kappa shape index (κ2) is 12.9. The molecule has 0 spiro atoms. The van der Waals surface area contributed by atoms with E-state index in [2.05, 4.69) is 46.5 Å². The number of guanidine groups is 1. The van der Waals surface area contributed by atoms with Crippen molar-refractivity contribution in [3.05, 3.63) is 23.8 Å². The molecule has 1 aromatic carbocycles. The molecule has 0 radical (unpaired) electrons. The second-order valence-corrected chi connectivity index (χ2v) is 8.63. The van der Waals surface area contributed by atoms with Gasteiger partial charge in [0.15, 0.2) is 17.5 Å². The summed E-state index contributed by atoms with van der Waals surface area (Å²) in [4.78, 5) is 9.85. The van der Waals surface area contributed by atoms with Crippen LogP contribution in [0.3, 0.4) is 0 Å². The summed E-state index contributed by atoms with van der Waals surface area (Å²) < 4.78 is 16.6. The number of benzene rings is 1. The standard InChI is InChI=1S/C24H41N5O3/c1-5-25-24(26-17-19-8-10-28(2)11-9-19)27-18-21(29-12-14-32-15-13-29)20-6-7-22(30-3)23(16-20)31-4/h6-7,16,19,21H,5,8-15,17-18H2,1-4H3,(H2,25,26,27). The number of hydrogen-bond acceptors (Lipinski definition) is 6. The molecule has 2 N–H and O–H groups in total. The van der Waals surface area contributed by atoms with Crippen LogP contribution < -0.4 is 20.1 Å². The van der Waals surface area contributed by atoms with Crippen LogP contribution in [0.25, 0.3) is 0 Å². The van der Waals surface area contributed by atoms with E-state index in [9.17, 15) is 0 Å². The first-order chi connectivity index (χ1) is 15.6. The van der Waals surface area contributed by atoms with Crippen LogP contribution in [0.5, 0.6) is 11.5 Å². The van der Waals surface area contributed by atoms with Crippen LogP contribution in [0.15, 0.2) is 23.2 Å². The number of piperidine rings is 1. The van der Waals surface area contributed by atoms with Crippen LogP contribution in [-0.4, -0.2) is 96.1 Å². The summed E-state index contributed by atoms with van der Waals surface area (Å²) in [7, 11) is 5.55. The van der Waals surface area contributed by atoms with Gasteiger partial charge in [0, 0.05) is 26.2 Å². The fourth-order valence-corrected chi connectivity index (χ4v) is 4.41. The van der Waals surface area contributed by atoms with Gasteiger partial charge in [0.25, 0.3) is 0 Å². The maximum absolute atomic E-state index is 5.59. The Labute approximate surface area is 193 Å². The lowest BCUT2D eigenvalue weighted by atomic mass is 9.97. The van der Waals surface area contributed by atoms with Gasteiger partial charge in [0.05, 0.1) is 40.0 Å². The second-order valence-electron chi connectivity index (χ2n) is 8.63. The van der Waals surface area contributed by atoms with E-state index in [1.54, 1.807) is 14.2 Å². The quantitative estimate of drug-likeness (QED) is 0.443. The fraction of sp³-hybridized carbons (Fsp3) is 0.708. The largest absolute Gasteiger partial charge is 0.493 e. The van der Waals surface area contributed by atoms with Gasteiger partial charge in [0.2, 0.25) is 0 Å². The van der Waals surface area contributed by atoms with Gasteiger partial charge >= 0.3 is 0 Å². The molecule has 2 saturated heterocycles. The van der Waals surface area contributed by atoms with Gasteiger partial charge in [-0.05, 0) is 63.5 Å². The Morgan fingerprint density at radius 1 is 1.09 bits per heavy atom. The molecule has 32 heavy (non-hydrogen) atoms. The molecule has 1 aromatic rings. The molecule has 0 bridgehead atoms. The zero-order valence-electron chi connectivity index (χ0n) is 20.2. The average molecular weight is 448 g/mol. The van der Waals surface area contributed by atoms with Gasteiger partial charge in [-0.2, -0.15) is 0 Å². The molecule has 180 valence electrons. The number of likely N-dealkylation sites (tertiary alicyclic amines) is 1. The average Bonchev–Trinajstić information content (AvgIpc) is 2.84. The number of nitrogens with zero attached hydrogens (tertiary/aromatic N) is 3. The van der Waals surface area contributed by atoms with Crippen LogP contribution in [0, 0.1) is 5.92 Å². The van der Waals surface area contributed by atoms with E-state index in [-0.39, 0.29) is 6.04 Å². The Morgan fingerprint density at radius 3 is 2.47 bits per heavy atom. The molecule has 3 rings (SSSR count). The van der Waals surface area contributed by atoms with Crippen molar-refractivity contribution in [3.8, 4) is 11.5 Å². The molecule has 2 fully saturated rings. The third-order valence-corrected chi connectivity index (χ3v) is 6.44. The number of aliphatic imine (C=N–C) groups is 1. The predicted molar refractivity (Wildman–Crippen MR) is 129 cm³/mol. The summed E-state index contributed by atoms with van der Waals surface area (Å²) in [5.74, 6) is 3.09. The van der Waals surface area contributed by atoms with Crippen LogP contribution in [0.4, 0.5) is 0 Å². The molecule has 0 aromatic heterocycles. The Hall–Kier alpha value is -2.03. The maximum atomic E-state index is 5.59. The summed E-state index contributed by atoms with van der Waals surface area (Å²) in [6.45, 7) is 10.2. The third-order valence-electron chi connectivity index (χ3n) is 6.44. The highest BCUT2D eigenvalue weighted by Gasteiger charge is 2.24. The number of ether oxygens (including phenoxy) is 3. The van der Waals surface area contributed by atoms with Crippen LogP contribution >= 0.6 is 0 Å². The molecule has 0 saturated carbocycles. The van der Waals surface area contributed by atoms with Crippen LogP contribution in [-0.2, 0) is 4.74 Å². The third kappa shape index (κ3) is 6.98. The molecular weight excluding hydrogens is 406 g/mol. The Bertz CT molecular complexity index is 716. The highest BCUT2D eigenvalue weighted by Crippen LogP contribution is 2.32. The number of rotatable bonds is 9. The van der Waals surface area contributed by atoms with Crippen molar-refractivity contribution in [2.24, 2.45) is 10.9 Å². The molecule has 8 nitrogen and oxygen atoms in total. The first-order valence-corrected chi connectivity index (χ1v) is 11.9. The molecule has 2 aliphatic rings. The molecule has 1 unspecified atom stereocenters. The van der Waals surface area contributed by atoms with Crippen molar-refractivity contribution in [2.75, 3.05) is 80.3 Å². The molecule has 0 aliphatic carbocycles. The predicted octanol–water partition coefficient (Wildman–Crippen LogP) is 1.97. The van der Waals surface area contributed by atoms with Crippen molar-refractivity contribution in [3.63, 3.8) is 0 Å². The van der Waals surface area contributed by atoms with Crippen LogP contribution in [0.1, 0.15) is 31.4 Å². The van der Waals surface area contributed by atoms with Gasteiger partial charge in [0.1, 0.15) is 0 Å². The smallest absolute Gasteiger partial charge is 0.191 e. The van der Waals surface area contributed by atoms with E-state index in [0.29, 0.717) is 12.5 Å². The lowest BCUT2D eigenvalue weighted by Crippen LogP contribution is -2.43. The van der Waals surface area contributed by atoms with E-state index in [1.165, 1.54) is 31.5 Å². The number of nitrogens with one attached hydrogen (secondary N) is 2. The summed E-state index contributed by atoms with van der Waals surface area (Å²) in [6.07, 6.45) is 2.48. The minimum absolute atomic E-state index is 0.150. The first kappa shape index (κ1) is 24.6. The topological polar surface area (TPSA) is 70.6 Å². The maximum Gasteiger partial charge on any atom is 0.191 e. The molecule has 8 heteroatoms. The zero-order chi connectivity index (χ0) is 22.8. The summed E-state index contributed by atoms with van der Waals surface area (Å²) in [5.41, 5.74) is 1.18. The van der Waals surface area contributed by atoms with E-state index in [1.807, 2.05) is 6.07 Å². The summed E-state index contributed by atoms with van der Waals surface area (Å²) in [5, 5.41) is 7.01. The number of methoxy groups -OCH3 is 2. The fourth-order valence-electron chi connectivity index (χ4n) is 4.41. The molecule has 2 aliphatic heterocycles. The van der Waals surface area contributed by atoms with E-state index < -0.39 is 0 Å². The minimum atomic E-state index is 0.150. The molecule has 2 heterocycles. The Kier molecular flexibility index (Phi) is 9.89. The molecule has 0 amide bonds. The Balaban J connectivity index is 1.72. The summed E-state index contributed by atoms with van der Waals surface area (Å²) >= 11 is 0. The van der Waals surface area contributed by atoms with Gasteiger partial charge < -0.3 is 29.7 Å². The van der Waals surface area contributed by atoms with E-state index in [0.717, 1.165) is 56.9 Å². The highest BCUT2D eigenvalue weighted by atomic mass is 16.5. The van der Waals surface area contributed by atoms with Crippen LogP contribution in [0.2, 0.25) is 0 Å². The van der Waals surface area contributed by atoms with Gasteiger partial charge in [-0.15, -0.1) is 0 Å². The van der Waals surface area contributed by atoms with Gasteiger partial charge in [-0.1, -0.05) is 6.07 Å². The van der Waals surface area contributed by atoms with E-state index in [4.69, 9.17) is 19.2 Å². The van der Waals surface area contributed by atoms with E-state index >= 15 is 0 Å². The number of morpholine rings is 1. The highest BCUT2D eigenvalue weighted by molar-refractivity contribution is 5.79. The summed E-state index contributed by atoms with van der Waals surface area (Å²) in [6, 6.07) is 6.33. The van der Waals surface area contributed by atoms with Gasteiger partial charge in [-0.25, -0.2) is 0 Å².